The van der Waals surface area contributed by atoms with Crippen molar-refractivity contribution in [3.05, 3.63) is 29.8 Å². The van der Waals surface area contributed by atoms with Gasteiger partial charge >= 0.3 is 0 Å². The predicted octanol–water partition coefficient (Wildman–Crippen LogP) is -1.70. The van der Waals surface area contributed by atoms with Gasteiger partial charge in [0.05, 0.1) is 73.2 Å². The van der Waals surface area contributed by atoms with E-state index >= 15 is 0 Å². The summed E-state index contributed by atoms with van der Waals surface area (Å²) in [6, 6.07) is 4.91. The van der Waals surface area contributed by atoms with Crippen molar-refractivity contribution < 1.29 is 43.1 Å². The number of primary amides is 1. The Morgan fingerprint density at radius 3 is 1.50 bits per heavy atom. The molecule has 3 aliphatic heterocycles. The second-order valence-electron chi connectivity index (χ2n) is 20.1. The van der Waals surface area contributed by atoms with Crippen LogP contribution in [0.25, 0.3) is 0 Å². The van der Waals surface area contributed by atoms with E-state index in [1.54, 1.807) is 31.4 Å². The van der Waals surface area contributed by atoms with Gasteiger partial charge in [-0.05, 0) is 61.8 Å². The maximum absolute atomic E-state index is 13.9. The van der Waals surface area contributed by atoms with E-state index in [0.29, 0.717) is 69.8 Å². The Morgan fingerprint density at radius 2 is 1.00 bits per heavy atom. The van der Waals surface area contributed by atoms with Crippen molar-refractivity contribution >= 4 is 47.1 Å². The third-order valence-corrected chi connectivity index (χ3v) is 14.9. The van der Waals surface area contributed by atoms with Gasteiger partial charge in [-0.25, -0.2) is 0 Å². The highest BCUT2D eigenvalue weighted by Gasteiger charge is 2.43. The lowest BCUT2D eigenvalue weighted by molar-refractivity contribution is -0.131. The Balaban J connectivity index is 0.951. The highest BCUT2D eigenvalue weighted by atomic mass is 16.5. The zero-order valence-corrected chi connectivity index (χ0v) is 40.3. The van der Waals surface area contributed by atoms with E-state index in [1.165, 1.54) is 0 Å². The van der Waals surface area contributed by atoms with Crippen LogP contribution in [0.3, 0.4) is 0 Å². The van der Waals surface area contributed by atoms with Crippen LogP contribution in [0.1, 0.15) is 76.6 Å². The Bertz CT molecular complexity index is 1970. The fraction of sp³-hybridized carbons (Fsp3) is 0.708. The summed E-state index contributed by atoms with van der Waals surface area (Å²) < 4.78 is 5.19. The molecule has 68 heavy (non-hydrogen) atoms. The minimum Gasteiger partial charge on any atom is -0.497 e. The molecule has 12 atom stereocenters. The molecule has 2 aliphatic carbocycles. The minimum atomic E-state index is -0.596. The van der Waals surface area contributed by atoms with E-state index in [2.05, 4.69) is 53.2 Å². The molecule has 2 saturated carbocycles. The van der Waals surface area contributed by atoms with Crippen LogP contribution in [0.5, 0.6) is 5.75 Å². The van der Waals surface area contributed by atoms with Gasteiger partial charge < -0.3 is 63.6 Å². The predicted molar refractivity (Wildman–Crippen MR) is 252 cm³/mol. The van der Waals surface area contributed by atoms with Gasteiger partial charge in [0.25, 0.3) is 0 Å². The van der Waals surface area contributed by atoms with Gasteiger partial charge in [-0.1, -0.05) is 40.5 Å². The zero-order chi connectivity index (χ0) is 49.1. The Kier molecular flexibility index (Phi) is 18.7. The Morgan fingerprint density at radius 1 is 0.559 bits per heavy atom. The van der Waals surface area contributed by atoms with E-state index in [1.807, 2.05) is 27.7 Å². The first kappa shape index (κ1) is 52.2. The summed E-state index contributed by atoms with van der Waals surface area (Å²) in [4.78, 5) is 106. The van der Waals surface area contributed by atoms with Gasteiger partial charge in [0.1, 0.15) is 5.75 Å². The molecule has 20 nitrogen and oxygen atoms in total. The van der Waals surface area contributed by atoms with Crippen molar-refractivity contribution in [3.63, 3.8) is 0 Å². The number of Topliss-reactive ketones (excluding diaryl/α,β-unsaturated/α-hetero) is 1. The molecule has 6 rings (SSSR count). The number of nitrogens with one attached hydrogen (secondary N) is 10. The molecule has 376 valence electrons. The van der Waals surface area contributed by atoms with Gasteiger partial charge in [-0.15, -0.1) is 0 Å². The summed E-state index contributed by atoms with van der Waals surface area (Å²) in [6.45, 7) is 10.0. The number of benzene rings is 1. The quantitative estimate of drug-likeness (QED) is 0.0579. The summed E-state index contributed by atoms with van der Waals surface area (Å²) >= 11 is 0. The molecule has 3 heterocycles. The molecular formula is C48H75N11O9. The molecule has 12 N–H and O–H groups in total. The first-order valence-corrected chi connectivity index (χ1v) is 24.6. The van der Waals surface area contributed by atoms with Crippen LogP contribution in [-0.4, -0.2) is 143 Å². The lowest BCUT2D eigenvalue weighted by Crippen LogP contribution is -2.54. The van der Waals surface area contributed by atoms with Gasteiger partial charge in [0.15, 0.2) is 5.78 Å². The second-order valence-corrected chi connectivity index (χ2v) is 20.1. The molecule has 0 radical (unpaired) electrons. The first-order valence-electron chi connectivity index (χ1n) is 24.6. The van der Waals surface area contributed by atoms with Crippen molar-refractivity contribution in [1.29, 1.82) is 0 Å². The number of carbonyl (C=O) groups is 8. The van der Waals surface area contributed by atoms with Gasteiger partial charge in [-0.3, -0.25) is 38.4 Å². The monoisotopic (exact) mass is 950 g/mol. The molecule has 5 aliphatic rings. The van der Waals surface area contributed by atoms with Crippen LogP contribution in [0, 0.1) is 53.3 Å². The van der Waals surface area contributed by atoms with Crippen molar-refractivity contribution in [2.24, 2.45) is 59.0 Å². The summed E-state index contributed by atoms with van der Waals surface area (Å²) in [6.07, 6.45) is 4.21. The molecule has 1 aromatic rings. The number of amides is 7. The summed E-state index contributed by atoms with van der Waals surface area (Å²) in [7, 11) is 1.57. The molecular weight excluding hydrogens is 875 g/mol. The van der Waals surface area contributed by atoms with Crippen molar-refractivity contribution in [2.75, 3.05) is 66.0 Å². The number of methoxy groups -OCH3 is 1. The largest absolute Gasteiger partial charge is 0.497 e. The van der Waals surface area contributed by atoms with E-state index < -0.39 is 65.6 Å². The number of carbonyl (C=O) groups excluding carboxylic acids is 8. The molecule has 0 bridgehead atoms. The van der Waals surface area contributed by atoms with E-state index in [0.717, 1.165) is 19.3 Å². The molecule has 7 amide bonds. The molecule has 3 saturated heterocycles. The van der Waals surface area contributed by atoms with E-state index in [-0.39, 0.29) is 84.7 Å². The molecule has 12 unspecified atom stereocenters. The highest BCUT2D eigenvalue weighted by molar-refractivity contribution is 5.97. The SMILES string of the molecule is COc1ccc(C(=O)CNC2CCCC2C(=O)NC2CNCC2C(=O)NC2CCCC2C(=O)NC2CNCC2C(=O)NCC(C(=O)NC2CNCC2C(=O)NCC(C(N)=O)C(C)C)C(C)C)cc1. The van der Waals surface area contributed by atoms with E-state index in [9.17, 15) is 38.4 Å². The van der Waals surface area contributed by atoms with Crippen molar-refractivity contribution in [3.8, 4) is 5.75 Å². The standard InChI is InChI=1S/C48H75N11O9/c1-25(2)31(42(49)61)19-54-43(62)34-17-51-22-39(34)59-47(66)32(26(3)4)20-55-44(63)33-16-50-21-38(33)57-46(65)30-9-7-11-37(30)56-48(67)35-18-52-23-40(35)58-45(64)29-8-6-10-36(29)53-24-41(60)27-12-14-28(68-5)15-13-27/h12-15,25-26,29-40,50-53H,6-11,16-24H2,1-5H3,(H2,49,61)(H,54,62)(H,55,63)(H,56,67)(H,57,65)(H,58,64)(H,59,66). The maximum Gasteiger partial charge on any atom is 0.226 e. The highest BCUT2D eigenvalue weighted by Crippen LogP contribution is 2.29. The van der Waals surface area contributed by atoms with Gasteiger partial charge in [0, 0.05) is 70.0 Å². The zero-order valence-electron chi connectivity index (χ0n) is 40.3. The van der Waals surface area contributed by atoms with Crippen LogP contribution < -0.4 is 63.6 Å². The van der Waals surface area contributed by atoms with Gasteiger partial charge in [0.2, 0.25) is 41.4 Å². The number of ether oxygens (including phenoxy) is 1. The summed E-state index contributed by atoms with van der Waals surface area (Å²) in [5.74, 6) is -5.21. The van der Waals surface area contributed by atoms with Crippen LogP contribution in [0.4, 0.5) is 0 Å². The number of nitrogens with two attached hydrogens (primary N) is 1. The molecule has 20 heteroatoms. The molecule has 0 spiro atoms. The number of ketones is 1. The second kappa shape index (κ2) is 24.4. The van der Waals surface area contributed by atoms with Crippen LogP contribution >= 0.6 is 0 Å². The average Bonchev–Trinajstić information content (AvgIpc) is 4.17. The first-order chi connectivity index (χ1) is 32.6. The minimum absolute atomic E-state index is 0.0464. The fourth-order valence-corrected chi connectivity index (χ4v) is 10.5. The average molecular weight is 950 g/mol. The maximum atomic E-state index is 13.9. The molecule has 5 fully saturated rings. The molecule has 1 aromatic carbocycles. The number of hydrogen-bond donors (Lipinski definition) is 11. The number of rotatable bonds is 22. The van der Waals surface area contributed by atoms with Crippen molar-refractivity contribution in [1.82, 2.24) is 53.2 Å². The molecule has 0 aromatic heterocycles. The fourth-order valence-electron chi connectivity index (χ4n) is 10.5. The Hall–Kier alpha value is -5.18. The van der Waals surface area contributed by atoms with Crippen LogP contribution in [-0.2, 0) is 33.6 Å². The number of hydrogen-bond acceptors (Lipinski definition) is 13. The third kappa shape index (κ3) is 13.3. The lowest BCUT2D eigenvalue weighted by atomic mass is 9.92. The lowest BCUT2D eigenvalue weighted by Gasteiger charge is -2.28. The smallest absolute Gasteiger partial charge is 0.226 e. The normalized spacial score (nSPS) is 28.7. The van der Waals surface area contributed by atoms with Crippen LogP contribution in [0.2, 0.25) is 0 Å². The van der Waals surface area contributed by atoms with Crippen LogP contribution in [0.15, 0.2) is 24.3 Å². The van der Waals surface area contributed by atoms with Gasteiger partial charge in [-0.2, -0.15) is 0 Å². The van der Waals surface area contributed by atoms with Crippen molar-refractivity contribution in [2.45, 2.75) is 96.4 Å². The summed E-state index contributed by atoms with van der Waals surface area (Å²) in [5, 5.41) is 31.1. The Labute approximate surface area is 399 Å². The topological polar surface area (TPSA) is 292 Å². The third-order valence-electron chi connectivity index (χ3n) is 14.9. The van der Waals surface area contributed by atoms with E-state index in [4.69, 9.17) is 10.5 Å². The summed E-state index contributed by atoms with van der Waals surface area (Å²) in [5.41, 5.74) is 6.08.